The Hall–Kier alpha value is -2.49. The molecule has 0 amide bonds. The van der Waals surface area contributed by atoms with Crippen LogP contribution < -0.4 is 9.47 Å². The Kier molecular flexibility index (Phi) is 6.03. The van der Waals surface area contributed by atoms with E-state index in [1.54, 1.807) is 12.1 Å². The Morgan fingerprint density at radius 1 is 1.09 bits per heavy atom. The monoisotopic (exact) mass is 314 g/mol. The van der Waals surface area contributed by atoms with E-state index >= 15 is 0 Å². The predicted octanol–water partition coefficient (Wildman–Crippen LogP) is 5.15. The van der Waals surface area contributed by atoms with E-state index in [-0.39, 0.29) is 0 Å². The van der Waals surface area contributed by atoms with Crippen molar-refractivity contribution in [3.05, 3.63) is 48.0 Å². The van der Waals surface area contributed by atoms with Crippen LogP contribution in [0.3, 0.4) is 0 Å². The summed E-state index contributed by atoms with van der Waals surface area (Å²) in [4.78, 5) is 10.9. The van der Waals surface area contributed by atoms with Crippen LogP contribution in [0.15, 0.2) is 42.5 Å². The summed E-state index contributed by atoms with van der Waals surface area (Å²) < 4.78 is 10.4. The van der Waals surface area contributed by atoms with Gasteiger partial charge in [-0.3, -0.25) is 0 Å². The largest absolute Gasteiger partial charge is 0.511 e. The van der Waals surface area contributed by atoms with Crippen molar-refractivity contribution in [2.24, 2.45) is 0 Å². The van der Waals surface area contributed by atoms with Crippen molar-refractivity contribution >= 4 is 6.16 Å². The van der Waals surface area contributed by atoms with Gasteiger partial charge in [-0.1, -0.05) is 37.6 Å². The minimum Gasteiger partial charge on any atom is -0.494 e. The van der Waals surface area contributed by atoms with E-state index < -0.39 is 6.16 Å². The number of benzene rings is 2. The van der Waals surface area contributed by atoms with Crippen molar-refractivity contribution in [2.45, 2.75) is 33.1 Å². The van der Waals surface area contributed by atoms with Crippen molar-refractivity contribution in [3.63, 3.8) is 0 Å². The quantitative estimate of drug-likeness (QED) is 0.567. The first-order valence-electron chi connectivity index (χ1n) is 7.91. The Balaban J connectivity index is 2.34. The zero-order chi connectivity index (χ0) is 16.7. The van der Waals surface area contributed by atoms with Crippen molar-refractivity contribution < 1.29 is 19.4 Å². The van der Waals surface area contributed by atoms with Gasteiger partial charge in [0, 0.05) is 5.56 Å². The summed E-state index contributed by atoms with van der Waals surface area (Å²) in [6.07, 6.45) is 2.05. The normalized spacial score (nSPS) is 10.3. The van der Waals surface area contributed by atoms with E-state index in [9.17, 15) is 4.79 Å². The molecule has 0 heterocycles. The molecular weight excluding hydrogens is 292 g/mol. The third-order valence-corrected chi connectivity index (χ3v) is 3.54. The molecule has 1 N–H and O–H groups in total. The first-order valence-corrected chi connectivity index (χ1v) is 7.91. The third-order valence-electron chi connectivity index (χ3n) is 3.54. The van der Waals surface area contributed by atoms with Crippen molar-refractivity contribution in [3.8, 4) is 22.6 Å². The highest BCUT2D eigenvalue weighted by Gasteiger charge is 2.11. The molecule has 0 atom stereocenters. The van der Waals surface area contributed by atoms with Crippen LogP contribution in [0.5, 0.6) is 11.5 Å². The molecule has 0 radical (unpaired) electrons. The summed E-state index contributed by atoms with van der Waals surface area (Å²) in [7, 11) is 0. The maximum atomic E-state index is 10.9. The van der Waals surface area contributed by atoms with Crippen molar-refractivity contribution in [1.82, 2.24) is 0 Å². The fourth-order valence-electron chi connectivity index (χ4n) is 2.41. The zero-order valence-electron chi connectivity index (χ0n) is 13.5. The van der Waals surface area contributed by atoms with Crippen molar-refractivity contribution in [2.75, 3.05) is 6.61 Å². The molecule has 0 aromatic heterocycles. The fraction of sp³-hybridized carbons (Fsp3) is 0.316. The van der Waals surface area contributed by atoms with E-state index in [4.69, 9.17) is 14.6 Å². The van der Waals surface area contributed by atoms with E-state index in [1.807, 2.05) is 25.1 Å². The Morgan fingerprint density at radius 3 is 2.43 bits per heavy atom. The lowest BCUT2D eigenvalue weighted by Crippen LogP contribution is -2.04. The van der Waals surface area contributed by atoms with Crippen LogP contribution >= 0.6 is 0 Å². The zero-order valence-corrected chi connectivity index (χ0v) is 13.5. The van der Waals surface area contributed by atoms with E-state index in [0.717, 1.165) is 24.8 Å². The maximum absolute atomic E-state index is 10.9. The molecule has 0 saturated carbocycles. The highest BCUT2D eigenvalue weighted by atomic mass is 16.7. The molecule has 0 unspecified atom stereocenters. The van der Waals surface area contributed by atoms with Gasteiger partial charge in [0.1, 0.15) is 11.5 Å². The van der Waals surface area contributed by atoms with Gasteiger partial charge in [0.05, 0.1) is 6.61 Å². The standard InChI is InChI=1S/C19H22O4/c1-3-5-6-14-7-9-15(10-8-14)17-13-16(22-4-2)11-12-18(17)23-19(20)21/h7-13H,3-6H2,1-2H3,(H,20,21). The molecule has 0 spiro atoms. The average molecular weight is 314 g/mol. The molecule has 4 heteroatoms. The summed E-state index contributed by atoms with van der Waals surface area (Å²) in [5.41, 5.74) is 2.89. The predicted molar refractivity (Wildman–Crippen MR) is 90.3 cm³/mol. The lowest BCUT2D eigenvalue weighted by atomic mass is 10.0. The Bertz CT molecular complexity index is 647. The number of hydrogen-bond donors (Lipinski definition) is 1. The van der Waals surface area contributed by atoms with Gasteiger partial charge >= 0.3 is 6.16 Å². The first-order chi connectivity index (χ1) is 11.1. The number of rotatable bonds is 7. The van der Waals surface area contributed by atoms with Gasteiger partial charge in [-0.2, -0.15) is 0 Å². The van der Waals surface area contributed by atoms with Crippen LogP contribution in [-0.2, 0) is 6.42 Å². The van der Waals surface area contributed by atoms with Crippen LogP contribution in [0.25, 0.3) is 11.1 Å². The second-order valence-electron chi connectivity index (χ2n) is 5.26. The SMILES string of the molecule is CCCCc1ccc(-c2cc(OCC)ccc2OC(=O)O)cc1. The lowest BCUT2D eigenvalue weighted by molar-refractivity contribution is 0.144. The van der Waals surface area contributed by atoms with Crippen LogP contribution in [0.2, 0.25) is 0 Å². The second kappa shape index (κ2) is 8.22. The number of unbranched alkanes of at least 4 members (excludes halogenated alkanes) is 1. The van der Waals surface area contributed by atoms with Crippen molar-refractivity contribution in [1.29, 1.82) is 0 Å². The molecule has 2 aromatic carbocycles. The molecule has 4 nitrogen and oxygen atoms in total. The molecule has 23 heavy (non-hydrogen) atoms. The van der Waals surface area contributed by atoms with E-state index in [2.05, 4.69) is 19.1 Å². The van der Waals surface area contributed by atoms with Gasteiger partial charge in [-0.05, 0) is 49.1 Å². The van der Waals surface area contributed by atoms with E-state index in [1.165, 1.54) is 5.56 Å². The summed E-state index contributed by atoms with van der Waals surface area (Å²) in [6, 6.07) is 13.3. The topological polar surface area (TPSA) is 55.8 Å². The molecule has 122 valence electrons. The van der Waals surface area contributed by atoms with Gasteiger partial charge in [-0.25, -0.2) is 4.79 Å². The van der Waals surface area contributed by atoms with Crippen LogP contribution in [0.4, 0.5) is 4.79 Å². The van der Waals surface area contributed by atoms with Gasteiger partial charge in [0.15, 0.2) is 0 Å². The van der Waals surface area contributed by atoms with Crippen LogP contribution in [0, 0.1) is 0 Å². The highest BCUT2D eigenvalue weighted by molar-refractivity contribution is 5.75. The first kappa shape index (κ1) is 16.9. The molecule has 0 bridgehead atoms. The van der Waals surface area contributed by atoms with E-state index in [0.29, 0.717) is 23.7 Å². The summed E-state index contributed by atoms with van der Waals surface area (Å²) in [6.45, 7) is 4.63. The number of aryl methyl sites for hydroxylation is 1. The summed E-state index contributed by atoms with van der Waals surface area (Å²) >= 11 is 0. The molecule has 0 aliphatic carbocycles. The smallest absolute Gasteiger partial charge is 0.494 e. The molecule has 0 aliphatic rings. The second-order valence-corrected chi connectivity index (χ2v) is 5.26. The average Bonchev–Trinajstić information content (AvgIpc) is 2.55. The van der Waals surface area contributed by atoms with Gasteiger partial charge in [-0.15, -0.1) is 0 Å². The molecular formula is C19H22O4. The molecule has 2 aromatic rings. The Morgan fingerprint density at radius 2 is 1.83 bits per heavy atom. The van der Waals surface area contributed by atoms with Gasteiger partial charge in [0.25, 0.3) is 0 Å². The minimum absolute atomic E-state index is 0.308. The number of hydrogen-bond acceptors (Lipinski definition) is 3. The number of carbonyl (C=O) groups is 1. The number of carboxylic acid groups (broad SMARTS) is 1. The molecule has 0 fully saturated rings. The molecule has 2 rings (SSSR count). The van der Waals surface area contributed by atoms with Crippen LogP contribution in [0.1, 0.15) is 32.3 Å². The lowest BCUT2D eigenvalue weighted by Gasteiger charge is -2.12. The maximum Gasteiger partial charge on any atom is 0.511 e. The molecule has 0 aliphatic heterocycles. The fourth-order valence-corrected chi connectivity index (χ4v) is 2.41. The third kappa shape index (κ3) is 4.74. The van der Waals surface area contributed by atoms with Gasteiger partial charge < -0.3 is 14.6 Å². The summed E-state index contributed by atoms with van der Waals surface area (Å²) in [5, 5.41) is 8.90. The highest BCUT2D eigenvalue weighted by Crippen LogP contribution is 2.34. The molecule has 0 saturated heterocycles. The Labute approximate surface area is 136 Å². The number of ether oxygens (including phenoxy) is 2. The minimum atomic E-state index is -1.32. The van der Waals surface area contributed by atoms with Crippen LogP contribution in [-0.4, -0.2) is 17.9 Å². The van der Waals surface area contributed by atoms with Gasteiger partial charge in [0.2, 0.25) is 0 Å². The summed E-state index contributed by atoms with van der Waals surface area (Å²) in [5.74, 6) is 0.998.